The van der Waals surface area contributed by atoms with Crippen molar-refractivity contribution in [2.75, 3.05) is 6.61 Å². The molecule has 0 saturated heterocycles. The third-order valence-corrected chi connectivity index (χ3v) is 4.72. The molecular weight excluding hydrogens is 359 g/mol. The Bertz CT molecular complexity index is 970. The molecule has 0 unspecified atom stereocenters. The molecule has 1 heterocycles. The van der Waals surface area contributed by atoms with Gasteiger partial charge < -0.3 is 8.92 Å². The minimum absolute atomic E-state index is 0.0727. The van der Waals surface area contributed by atoms with Crippen LogP contribution in [0.3, 0.4) is 0 Å². The van der Waals surface area contributed by atoms with E-state index in [1.54, 1.807) is 6.92 Å². The first-order chi connectivity index (χ1) is 12.4. The molecule has 3 rings (SSSR count). The Morgan fingerprint density at radius 2 is 1.77 bits per heavy atom. The maximum absolute atomic E-state index is 13.0. The van der Waals surface area contributed by atoms with E-state index in [0.29, 0.717) is 18.0 Å². The van der Waals surface area contributed by atoms with Crippen molar-refractivity contribution in [3.63, 3.8) is 0 Å². The Morgan fingerprint density at radius 3 is 2.46 bits per heavy atom. The van der Waals surface area contributed by atoms with E-state index >= 15 is 0 Å². The summed E-state index contributed by atoms with van der Waals surface area (Å²) in [4.78, 5) is -0.134. The van der Waals surface area contributed by atoms with Crippen molar-refractivity contribution >= 4 is 10.1 Å². The van der Waals surface area contributed by atoms with Crippen molar-refractivity contribution in [3.05, 3.63) is 72.2 Å². The molecule has 6 nitrogen and oxygen atoms in total. The summed E-state index contributed by atoms with van der Waals surface area (Å²) in [5.41, 5.74) is 0.606. The third-order valence-electron chi connectivity index (χ3n) is 3.48. The van der Waals surface area contributed by atoms with Crippen LogP contribution in [0, 0.1) is 12.7 Å². The average Bonchev–Trinajstić information content (AvgIpc) is 2.95. The second-order valence-electron chi connectivity index (χ2n) is 5.50. The van der Waals surface area contributed by atoms with Gasteiger partial charge in [0.25, 0.3) is 0 Å². The van der Waals surface area contributed by atoms with Crippen LogP contribution in [0.25, 0.3) is 0 Å². The minimum Gasteiger partial charge on any atom is -0.492 e. The van der Waals surface area contributed by atoms with Crippen LogP contribution in [-0.2, 0) is 16.7 Å². The molecule has 8 heteroatoms. The lowest BCUT2D eigenvalue weighted by atomic mass is 10.3. The van der Waals surface area contributed by atoms with Crippen molar-refractivity contribution in [2.45, 2.75) is 18.4 Å². The quantitative estimate of drug-likeness (QED) is 0.593. The summed E-state index contributed by atoms with van der Waals surface area (Å²) in [6, 6.07) is 15.2. The molecule has 2 aromatic carbocycles. The molecule has 0 fully saturated rings. The van der Waals surface area contributed by atoms with Crippen LogP contribution in [-0.4, -0.2) is 24.8 Å². The number of halogens is 1. The van der Waals surface area contributed by atoms with Gasteiger partial charge in [-0.1, -0.05) is 18.2 Å². The fraction of sp³-hybridized carbons (Fsp3) is 0.167. The molecule has 0 bridgehead atoms. The molecule has 0 amide bonds. The largest absolute Gasteiger partial charge is 0.492 e. The molecule has 3 aromatic rings. The summed E-state index contributed by atoms with van der Waals surface area (Å²) in [5.74, 6) is 0.254. The number of benzene rings is 2. The second-order valence-corrected chi connectivity index (χ2v) is 7.05. The molecule has 0 aliphatic rings. The number of hydrogen-bond donors (Lipinski definition) is 0. The van der Waals surface area contributed by atoms with Crippen LogP contribution in [0.5, 0.6) is 11.6 Å². The van der Waals surface area contributed by atoms with Gasteiger partial charge in [-0.3, -0.25) is 0 Å². The van der Waals surface area contributed by atoms with E-state index in [4.69, 9.17) is 8.92 Å². The Labute approximate surface area is 150 Å². The zero-order chi connectivity index (χ0) is 18.6. The second kappa shape index (κ2) is 7.57. The fourth-order valence-electron chi connectivity index (χ4n) is 2.28. The van der Waals surface area contributed by atoms with E-state index in [0.717, 1.165) is 24.3 Å². The Morgan fingerprint density at radius 1 is 1.08 bits per heavy atom. The van der Waals surface area contributed by atoms with E-state index in [9.17, 15) is 12.8 Å². The van der Waals surface area contributed by atoms with Crippen LogP contribution in [0.2, 0.25) is 0 Å². The van der Waals surface area contributed by atoms with Gasteiger partial charge in [0.05, 0.1) is 12.2 Å². The number of aromatic nitrogens is 2. The maximum Gasteiger partial charge on any atom is 0.340 e. The number of hydrogen-bond acceptors (Lipinski definition) is 5. The molecule has 0 spiro atoms. The summed E-state index contributed by atoms with van der Waals surface area (Å²) in [5, 5.41) is 4.22. The van der Waals surface area contributed by atoms with Crippen LogP contribution >= 0.6 is 0 Å². The zero-order valence-electron chi connectivity index (χ0n) is 14.0. The summed E-state index contributed by atoms with van der Waals surface area (Å²) in [6.45, 7) is 2.32. The SMILES string of the molecule is Cc1cc(OS(=O)(=O)c2ccc(F)cc2)n(CCOc2ccccc2)n1. The summed E-state index contributed by atoms with van der Waals surface area (Å²) < 4.78 is 49.9. The minimum atomic E-state index is -4.08. The Balaban J connectivity index is 1.71. The van der Waals surface area contributed by atoms with Crippen LogP contribution in [0.4, 0.5) is 4.39 Å². The zero-order valence-corrected chi connectivity index (χ0v) is 14.8. The van der Waals surface area contributed by atoms with Gasteiger partial charge in [0, 0.05) is 6.07 Å². The molecule has 0 aliphatic heterocycles. The monoisotopic (exact) mass is 376 g/mol. The smallest absolute Gasteiger partial charge is 0.340 e. The van der Waals surface area contributed by atoms with Gasteiger partial charge in [-0.25, -0.2) is 9.07 Å². The molecule has 136 valence electrons. The summed E-state index contributed by atoms with van der Waals surface area (Å²) >= 11 is 0. The van der Waals surface area contributed by atoms with Gasteiger partial charge in [0.2, 0.25) is 5.88 Å². The third kappa shape index (κ3) is 4.40. The van der Waals surface area contributed by atoms with Gasteiger partial charge >= 0.3 is 10.1 Å². The highest BCUT2D eigenvalue weighted by atomic mass is 32.2. The molecule has 0 N–H and O–H groups in total. The van der Waals surface area contributed by atoms with Crippen LogP contribution in [0.15, 0.2) is 65.6 Å². The van der Waals surface area contributed by atoms with Gasteiger partial charge in [-0.15, -0.1) is 0 Å². The van der Waals surface area contributed by atoms with Crippen molar-refractivity contribution < 1.29 is 21.7 Å². The van der Waals surface area contributed by atoms with E-state index in [2.05, 4.69) is 5.10 Å². The van der Waals surface area contributed by atoms with Crippen molar-refractivity contribution in [2.24, 2.45) is 0 Å². The highest BCUT2D eigenvalue weighted by Crippen LogP contribution is 2.20. The number of ether oxygens (including phenoxy) is 1. The van der Waals surface area contributed by atoms with E-state index in [1.165, 1.54) is 10.7 Å². The summed E-state index contributed by atoms with van der Waals surface area (Å²) in [6.07, 6.45) is 0. The molecular formula is C18H17FN2O4S. The summed E-state index contributed by atoms with van der Waals surface area (Å²) in [7, 11) is -4.08. The van der Waals surface area contributed by atoms with Crippen molar-refractivity contribution in [3.8, 4) is 11.6 Å². The predicted octanol–water partition coefficient (Wildman–Crippen LogP) is 3.18. The fourth-order valence-corrected chi connectivity index (χ4v) is 3.20. The van der Waals surface area contributed by atoms with Gasteiger partial charge in [0.15, 0.2) is 0 Å². The highest BCUT2D eigenvalue weighted by Gasteiger charge is 2.20. The average molecular weight is 376 g/mol. The lowest BCUT2D eigenvalue weighted by Gasteiger charge is -2.10. The first-order valence-electron chi connectivity index (χ1n) is 7.86. The molecule has 26 heavy (non-hydrogen) atoms. The topological polar surface area (TPSA) is 70.4 Å². The molecule has 0 atom stereocenters. The van der Waals surface area contributed by atoms with Crippen molar-refractivity contribution in [1.82, 2.24) is 9.78 Å². The van der Waals surface area contributed by atoms with Gasteiger partial charge in [-0.2, -0.15) is 13.5 Å². The van der Waals surface area contributed by atoms with E-state index in [1.807, 2.05) is 30.3 Å². The highest BCUT2D eigenvalue weighted by molar-refractivity contribution is 7.87. The Kier molecular flexibility index (Phi) is 5.22. The molecule has 1 aromatic heterocycles. The number of nitrogens with zero attached hydrogens (tertiary/aromatic N) is 2. The molecule has 0 aliphatic carbocycles. The number of aryl methyl sites for hydroxylation is 1. The molecule has 0 saturated carbocycles. The van der Waals surface area contributed by atoms with Gasteiger partial charge in [-0.05, 0) is 43.3 Å². The van der Waals surface area contributed by atoms with E-state index < -0.39 is 15.9 Å². The lowest BCUT2D eigenvalue weighted by molar-refractivity contribution is 0.284. The lowest BCUT2D eigenvalue weighted by Crippen LogP contribution is -2.15. The van der Waals surface area contributed by atoms with Crippen molar-refractivity contribution in [1.29, 1.82) is 0 Å². The first kappa shape index (κ1) is 17.9. The van der Waals surface area contributed by atoms with E-state index in [-0.39, 0.29) is 17.4 Å². The Hall–Kier alpha value is -2.87. The van der Waals surface area contributed by atoms with Gasteiger partial charge in [0.1, 0.15) is 23.1 Å². The maximum atomic E-state index is 13.0. The van der Waals surface area contributed by atoms with Crippen LogP contribution < -0.4 is 8.92 Å². The normalized spacial score (nSPS) is 11.3. The van der Waals surface area contributed by atoms with Crippen LogP contribution in [0.1, 0.15) is 5.69 Å². The number of para-hydroxylation sites is 1. The number of rotatable bonds is 7. The molecule has 0 radical (unpaired) electrons. The standard InChI is InChI=1S/C18H17FN2O4S/c1-14-13-18(25-26(22,23)17-9-7-15(19)8-10-17)21(20-14)11-12-24-16-5-3-2-4-6-16/h2-10,13H,11-12H2,1H3. The first-order valence-corrected chi connectivity index (χ1v) is 9.27. The predicted molar refractivity (Wildman–Crippen MR) is 93.1 cm³/mol.